The molecule has 0 bridgehead atoms. The summed E-state index contributed by atoms with van der Waals surface area (Å²) in [6.07, 6.45) is 2.67. The first-order valence-corrected chi connectivity index (χ1v) is 6.07. The summed E-state index contributed by atoms with van der Waals surface area (Å²) in [6, 6.07) is 0.753. The lowest BCUT2D eigenvalue weighted by molar-refractivity contribution is 0.217. The largest absolute Gasteiger partial charge is 0.318 e. The fourth-order valence-electron chi connectivity index (χ4n) is 2.46. The Kier molecular flexibility index (Phi) is 4.90. The van der Waals surface area contributed by atoms with Crippen molar-refractivity contribution in [1.82, 2.24) is 10.2 Å². The number of likely N-dealkylation sites (N-methyl/N-ethyl adjacent to an activating group) is 1. The SMILES string of the molecule is CCC(CNC)N1CCC(C(C)C)C1. The van der Waals surface area contributed by atoms with E-state index in [0.29, 0.717) is 0 Å². The van der Waals surface area contributed by atoms with E-state index in [1.807, 2.05) is 0 Å². The fourth-order valence-corrected chi connectivity index (χ4v) is 2.46. The topological polar surface area (TPSA) is 15.3 Å². The van der Waals surface area contributed by atoms with Crippen LogP contribution in [0, 0.1) is 11.8 Å². The highest BCUT2D eigenvalue weighted by Crippen LogP contribution is 2.25. The van der Waals surface area contributed by atoms with E-state index in [9.17, 15) is 0 Å². The molecule has 1 saturated heterocycles. The lowest BCUT2D eigenvalue weighted by Gasteiger charge is -2.27. The maximum atomic E-state index is 3.30. The minimum absolute atomic E-state index is 0.753. The summed E-state index contributed by atoms with van der Waals surface area (Å²) in [5.41, 5.74) is 0. The standard InChI is InChI=1S/C12H26N2/c1-5-12(8-13-4)14-7-6-11(9-14)10(2)3/h10-13H,5-9H2,1-4H3. The molecule has 2 heteroatoms. The van der Waals surface area contributed by atoms with E-state index in [4.69, 9.17) is 0 Å². The van der Waals surface area contributed by atoms with Crippen LogP contribution >= 0.6 is 0 Å². The van der Waals surface area contributed by atoms with Gasteiger partial charge in [0, 0.05) is 19.1 Å². The zero-order valence-corrected chi connectivity index (χ0v) is 10.2. The van der Waals surface area contributed by atoms with Gasteiger partial charge in [0.15, 0.2) is 0 Å². The van der Waals surface area contributed by atoms with Gasteiger partial charge in [-0.1, -0.05) is 20.8 Å². The number of hydrogen-bond acceptors (Lipinski definition) is 2. The molecule has 1 N–H and O–H groups in total. The Balaban J connectivity index is 2.39. The third-order valence-electron chi connectivity index (χ3n) is 3.63. The summed E-state index contributed by atoms with van der Waals surface area (Å²) in [6.45, 7) is 10.8. The Bertz CT molecular complexity index is 156. The van der Waals surface area contributed by atoms with E-state index in [0.717, 1.165) is 24.4 Å². The van der Waals surface area contributed by atoms with Gasteiger partial charge in [0.05, 0.1) is 0 Å². The van der Waals surface area contributed by atoms with Crippen LogP contribution in [0.3, 0.4) is 0 Å². The molecule has 84 valence electrons. The molecule has 1 heterocycles. The first-order chi connectivity index (χ1) is 6.69. The molecule has 2 nitrogen and oxygen atoms in total. The van der Waals surface area contributed by atoms with Crippen LogP contribution < -0.4 is 5.32 Å². The molecule has 2 atom stereocenters. The van der Waals surface area contributed by atoms with Gasteiger partial charge in [-0.15, -0.1) is 0 Å². The van der Waals surface area contributed by atoms with E-state index < -0.39 is 0 Å². The zero-order chi connectivity index (χ0) is 10.6. The van der Waals surface area contributed by atoms with Gasteiger partial charge in [0.2, 0.25) is 0 Å². The van der Waals surface area contributed by atoms with E-state index in [-0.39, 0.29) is 0 Å². The van der Waals surface area contributed by atoms with E-state index in [1.165, 1.54) is 25.9 Å². The fraction of sp³-hybridized carbons (Fsp3) is 1.00. The minimum atomic E-state index is 0.753. The number of hydrogen-bond donors (Lipinski definition) is 1. The first kappa shape index (κ1) is 12.0. The monoisotopic (exact) mass is 198 g/mol. The quantitative estimate of drug-likeness (QED) is 0.726. The molecule has 0 aromatic carbocycles. The Morgan fingerprint density at radius 2 is 2.14 bits per heavy atom. The van der Waals surface area contributed by atoms with Crippen LogP contribution in [0.25, 0.3) is 0 Å². The summed E-state index contributed by atoms with van der Waals surface area (Å²) in [7, 11) is 2.05. The van der Waals surface area contributed by atoms with Crippen molar-refractivity contribution in [1.29, 1.82) is 0 Å². The number of nitrogens with zero attached hydrogens (tertiary/aromatic N) is 1. The second-order valence-corrected chi connectivity index (χ2v) is 4.91. The van der Waals surface area contributed by atoms with Gasteiger partial charge in [0.25, 0.3) is 0 Å². The average Bonchev–Trinajstić information content (AvgIpc) is 2.63. The lowest BCUT2D eigenvalue weighted by atomic mass is 9.95. The number of nitrogens with one attached hydrogen (secondary N) is 1. The molecule has 1 fully saturated rings. The van der Waals surface area contributed by atoms with Crippen molar-refractivity contribution < 1.29 is 0 Å². The average molecular weight is 198 g/mol. The third kappa shape index (κ3) is 2.96. The van der Waals surface area contributed by atoms with Gasteiger partial charge >= 0.3 is 0 Å². The lowest BCUT2D eigenvalue weighted by Crippen LogP contribution is -2.40. The minimum Gasteiger partial charge on any atom is -0.318 e. The summed E-state index contributed by atoms with van der Waals surface area (Å²) in [5, 5.41) is 3.30. The molecular formula is C12H26N2. The molecule has 1 rings (SSSR count). The summed E-state index contributed by atoms with van der Waals surface area (Å²) < 4.78 is 0. The van der Waals surface area contributed by atoms with Crippen molar-refractivity contribution in [2.45, 2.75) is 39.7 Å². The van der Waals surface area contributed by atoms with Crippen molar-refractivity contribution in [3.8, 4) is 0 Å². The van der Waals surface area contributed by atoms with Crippen molar-refractivity contribution in [3.63, 3.8) is 0 Å². The van der Waals surface area contributed by atoms with Crippen LogP contribution in [0.1, 0.15) is 33.6 Å². The van der Waals surface area contributed by atoms with Crippen LogP contribution in [0.5, 0.6) is 0 Å². The molecule has 1 aliphatic heterocycles. The van der Waals surface area contributed by atoms with Crippen LogP contribution in [0.15, 0.2) is 0 Å². The molecule has 2 unspecified atom stereocenters. The second kappa shape index (κ2) is 5.72. The van der Waals surface area contributed by atoms with Crippen molar-refractivity contribution in [2.24, 2.45) is 11.8 Å². The molecule has 0 amide bonds. The molecule has 0 spiro atoms. The Labute approximate surface area is 89.1 Å². The highest BCUT2D eigenvalue weighted by molar-refractivity contribution is 4.83. The van der Waals surface area contributed by atoms with E-state index in [1.54, 1.807) is 0 Å². The number of likely N-dealkylation sites (tertiary alicyclic amines) is 1. The van der Waals surface area contributed by atoms with Crippen molar-refractivity contribution >= 4 is 0 Å². The molecular weight excluding hydrogens is 172 g/mol. The Morgan fingerprint density at radius 3 is 2.57 bits per heavy atom. The van der Waals surface area contributed by atoms with E-state index in [2.05, 4.69) is 38.0 Å². The second-order valence-electron chi connectivity index (χ2n) is 4.91. The summed E-state index contributed by atoms with van der Waals surface area (Å²) in [5.74, 6) is 1.79. The molecule has 14 heavy (non-hydrogen) atoms. The normalized spacial score (nSPS) is 25.9. The van der Waals surface area contributed by atoms with Gasteiger partial charge in [-0.2, -0.15) is 0 Å². The highest BCUT2D eigenvalue weighted by Gasteiger charge is 2.28. The van der Waals surface area contributed by atoms with Crippen LogP contribution in [0.4, 0.5) is 0 Å². The van der Waals surface area contributed by atoms with Crippen molar-refractivity contribution in [3.05, 3.63) is 0 Å². The molecule has 0 aromatic rings. The predicted molar refractivity (Wildman–Crippen MR) is 62.5 cm³/mol. The molecule has 0 saturated carbocycles. The van der Waals surface area contributed by atoms with Crippen LogP contribution in [-0.2, 0) is 0 Å². The molecule has 1 aliphatic rings. The smallest absolute Gasteiger partial charge is 0.0218 e. The summed E-state index contributed by atoms with van der Waals surface area (Å²) in [4.78, 5) is 2.67. The Morgan fingerprint density at radius 1 is 1.43 bits per heavy atom. The Hall–Kier alpha value is -0.0800. The zero-order valence-electron chi connectivity index (χ0n) is 10.2. The molecule has 0 radical (unpaired) electrons. The van der Waals surface area contributed by atoms with Gasteiger partial charge < -0.3 is 5.32 Å². The van der Waals surface area contributed by atoms with Gasteiger partial charge in [-0.25, -0.2) is 0 Å². The molecule has 0 aliphatic carbocycles. The third-order valence-corrected chi connectivity index (χ3v) is 3.63. The first-order valence-electron chi connectivity index (χ1n) is 6.07. The molecule has 0 aromatic heterocycles. The van der Waals surface area contributed by atoms with E-state index >= 15 is 0 Å². The van der Waals surface area contributed by atoms with Crippen molar-refractivity contribution in [2.75, 3.05) is 26.7 Å². The predicted octanol–water partition coefficient (Wildman–Crippen LogP) is 1.96. The number of rotatable bonds is 5. The van der Waals surface area contributed by atoms with Gasteiger partial charge in [0.1, 0.15) is 0 Å². The summed E-state index contributed by atoms with van der Waals surface area (Å²) >= 11 is 0. The van der Waals surface area contributed by atoms with Gasteiger partial charge in [-0.3, -0.25) is 4.90 Å². The van der Waals surface area contributed by atoms with Gasteiger partial charge in [-0.05, 0) is 38.3 Å². The maximum absolute atomic E-state index is 3.30. The maximum Gasteiger partial charge on any atom is 0.0218 e. The highest BCUT2D eigenvalue weighted by atomic mass is 15.2. The van der Waals surface area contributed by atoms with Crippen LogP contribution in [-0.4, -0.2) is 37.6 Å². The van der Waals surface area contributed by atoms with Crippen LogP contribution in [0.2, 0.25) is 0 Å².